The van der Waals surface area contributed by atoms with Gasteiger partial charge in [-0.25, -0.2) is 0 Å². The van der Waals surface area contributed by atoms with Crippen molar-refractivity contribution in [2.45, 2.75) is 33.2 Å². The van der Waals surface area contributed by atoms with Crippen molar-refractivity contribution in [3.63, 3.8) is 0 Å². The summed E-state index contributed by atoms with van der Waals surface area (Å²) in [5.74, 6) is -0.129. The summed E-state index contributed by atoms with van der Waals surface area (Å²) in [7, 11) is 0. The molecule has 0 bridgehead atoms. The van der Waals surface area contributed by atoms with Crippen molar-refractivity contribution in [1.29, 1.82) is 0 Å². The van der Waals surface area contributed by atoms with Crippen LogP contribution < -0.4 is 10.6 Å². The highest BCUT2D eigenvalue weighted by molar-refractivity contribution is 5.80. The Morgan fingerprint density at radius 3 is 2.32 bits per heavy atom. The van der Waals surface area contributed by atoms with Gasteiger partial charge < -0.3 is 10.6 Å². The Labute approximate surface area is 114 Å². The average Bonchev–Trinajstić information content (AvgIpc) is 2.39. The molecule has 0 saturated carbocycles. The smallest absolute Gasteiger partial charge is 0.222 e. The average molecular weight is 262 g/mol. The first-order valence-corrected chi connectivity index (χ1v) is 6.62. The van der Waals surface area contributed by atoms with E-state index in [0.717, 1.165) is 5.56 Å². The number of hydrogen-bond acceptors (Lipinski definition) is 2. The summed E-state index contributed by atoms with van der Waals surface area (Å²) in [6, 6.07) is 9.77. The number of benzene rings is 1. The SMILES string of the molecule is CC(C)C(=O)NCCC(=O)N[C@@H](C)c1ccccc1. The fraction of sp³-hybridized carbons (Fsp3) is 0.467. The normalized spacial score (nSPS) is 12.0. The van der Waals surface area contributed by atoms with Crippen LogP contribution in [0, 0.1) is 5.92 Å². The Morgan fingerprint density at radius 1 is 1.11 bits per heavy atom. The maximum absolute atomic E-state index is 11.7. The van der Waals surface area contributed by atoms with Crippen LogP contribution in [0.15, 0.2) is 30.3 Å². The largest absolute Gasteiger partial charge is 0.355 e. The molecule has 1 aromatic carbocycles. The lowest BCUT2D eigenvalue weighted by Crippen LogP contribution is -2.33. The summed E-state index contributed by atoms with van der Waals surface area (Å²) >= 11 is 0. The molecule has 2 N–H and O–H groups in total. The summed E-state index contributed by atoms with van der Waals surface area (Å²) in [5, 5.41) is 5.64. The van der Waals surface area contributed by atoms with Crippen molar-refractivity contribution in [3.05, 3.63) is 35.9 Å². The van der Waals surface area contributed by atoms with E-state index in [1.165, 1.54) is 0 Å². The number of carbonyl (C=O) groups excluding carboxylic acids is 2. The molecule has 0 aromatic heterocycles. The zero-order chi connectivity index (χ0) is 14.3. The number of nitrogens with one attached hydrogen (secondary N) is 2. The van der Waals surface area contributed by atoms with Crippen LogP contribution >= 0.6 is 0 Å². The molecular formula is C15H22N2O2. The minimum atomic E-state index is -0.0552. The summed E-state index contributed by atoms with van der Waals surface area (Å²) in [4.78, 5) is 23.0. The van der Waals surface area contributed by atoms with E-state index in [9.17, 15) is 9.59 Å². The Hall–Kier alpha value is -1.84. The molecule has 104 valence electrons. The molecule has 1 rings (SSSR count). The van der Waals surface area contributed by atoms with Crippen LogP contribution in [0.4, 0.5) is 0 Å². The van der Waals surface area contributed by atoms with Crippen molar-refractivity contribution in [3.8, 4) is 0 Å². The molecular weight excluding hydrogens is 240 g/mol. The van der Waals surface area contributed by atoms with Crippen molar-refractivity contribution < 1.29 is 9.59 Å². The molecule has 0 fully saturated rings. The Morgan fingerprint density at radius 2 is 1.74 bits per heavy atom. The van der Waals surface area contributed by atoms with Gasteiger partial charge in [-0.1, -0.05) is 44.2 Å². The predicted molar refractivity (Wildman–Crippen MR) is 75.5 cm³/mol. The van der Waals surface area contributed by atoms with E-state index in [-0.39, 0.29) is 23.8 Å². The molecule has 0 saturated heterocycles. The fourth-order valence-electron chi connectivity index (χ4n) is 1.64. The van der Waals surface area contributed by atoms with Gasteiger partial charge in [0.15, 0.2) is 0 Å². The third kappa shape index (κ3) is 5.55. The summed E-state index contributed by atoms with van der Waals surface area (Å²) in [6.45, 7) is 5.98. The predicted octanol–water partition coefficient (Wildman–Crippen LogP) is 2.03. The minimum Gasteiger partial charge on any atom is -0.355 e. The lowest BCUT2D eigenvalue weighted by molar-refractivity contribution is -0.124. The fourth-order valence-corrected chi connectivity index (χ4v) is 1.64. The molecule has 0 aliphatic heterocycles. The highest BCUT2D eigenvalue weighted by Gasteiger charge is 2.10. The van der Waals surface area contributed by atoms with Crippen LogP contribution in [-0.2, 0) is 9.59 Å². The van der Waals surface area contributed by atoms with E-state index in [2.05, 4.69) is 10.6 Å². The molecule has 4 heteroatoms. The number of carbonyl (C=O) groups is 2. The van der Waals surface area contributed by atoms with Gasteiger partial charge in [0.25, 0.3) is 0 Å². The van der Waals surface area contributed by atoms with Crippen molar-refractivity contribution in [1.82, 2.24) is 10.6 Å². The minimum absolute atomic E-state index is 0.0190. The monoisotopic (exact) mass is 262 g/mol. The van der Waals surface area contributed by atoms with Crippen LogP contribution in [0.5, 0.6) is 0 Å². The van der Waals surface area contributed by atoms with Gasteiger partial charge >= 0.3 is 0 Å². The maximum Gasteiger partial charge on any atom is 0.222 e. The molecule has 1 atom stereocenters. The van der Waals surface area contributed by atoms with E-state index >= 15 is 0 Å². The van der Waals surface area contributed by atoms with Gasteiger partial charge in [-0.15, -0.1) is 0 Å². The van der Waals surface area contributed by atoms with Gasteiger partial charge in [0.1, 0.15) is 0 Å². The topological polar surface area (TPSA) is 58.2 Å². The third-order valence-electron chi connectivity index (χ3n) is 2.85. The molecule has 0 aliphatic carbocycles. The summed E-state index contributed by atoms with van der Waals surface area (Å²) in [6.07, 6.45) is 0.301. The first kappa shape index (κ1) is 15.2. The second-order valence-electron chi connectivity index (χ2n) is 4.90. The standard InChI is InChI=1S/C15H22N2O2/c1-11(2)15(19)16-10-9-14(18)17-12(3)13-7-5-4-6-8-13/h4-8,11-12H,9-10H2,1-3H3,(H,16,19)(H,17,18)/t12-/m0/s1. The highest BCUT2D eigenvalue weighted by Crippen LogP contribution is 2.10. The Bertz CT molecular complexity index is 415. The molecule has 0 unspecified atom stereocenters. The lowest BCUT2D eigenvalue weighted by Gasteiger charge is -2.14. The van der Waals surface area contributed by atoms with Crippen LogP contribution in [0.3, 0.4) is 0 Å². The van der Waals surface area contributed by atoms with Crippen LogP contribution in [0.25, 0.3) is 0 Å². The first-order valence-electron chi connectivity index (χ1n) is 6.62. The molecule has 0 aliphatic rings. The van der Waals surface area contributed by atoms with E-state index in [1.807, 2.05) is 51.1 Å². The van der Waals surface area contributed by atoms with Gasteiger partial charge in [0.05, 0.1) is 6.04 Å². The Balaban J connectivity index is 2.30. The van der Waals surface area contributed by atoms with Gasteiger partial charge in [-0.2, -0.15) is 0 Å². The maximum atomic E-state index is 11.7. The quantitative estimate of drug-likeness (QED) is 0.824. The van der Waals surface area contributed by atoms with Gasteiger partial charge in [0.2, 0.25) is 11.8 Å². The third-order valence-corrected chi connectivity index (χ3v) is 2.85. The van der Waals surface area contributed by atoms with E-state index in [1.54, 1.807) is 0 Å². The van der Waals surface area contributed by atoms with Crippen LogP contribution in [-0.4, -0.2) is 18.4 Å². The lowest BCUT2D eigenvalue weighted by atomic mass is 10.1. The van der Waals surface area contributed by atoms with E-state index in [4.69, 9.17) is 0 Å². The number of rotatable bonds is 6. The number of hydrogen-bond donors (Lipinski definition) is 2. The molecule has 4 nitrogen and oxygen atoms in total. The van der Waals surface area contributed by atoms with Crippen LogP contribution in [0.1, 0.15) is 38.8 Å². The van der Waals surface area contributed by atoms with Crippen molar-refractivity contribution >= 4 is 11.8 Å². The van der Waals surface area contributed by atoms with Crippen molar-refractivity contribution in [2.75, 3.05) is 6.54 Å². The van der Waals surface area contributed by atoms with Crippen LogP contribution in [0.2, 0.25) is 0 Å². The molecule has 0 radical (unpaired) electrons. The summed E-state index contributed by atoms with van der Waals surface area (Å²) in [5.41, 5.74) is 1.07. The second-order valence-corrected chi connectivity index (χ2v) is 4.90. The molecule has 0 spiro atoms. The van der Waals surface area contributed by atoms with Gasteiger partial charge in [-0.05, 0) is 12.5 Å². The summed E-state index contributed by atoms with van der Waals surface area (Å²) < 4.78 is 0. The number of amides is 2. The second kappa shape index (κ2) is 7.56. The zero-order valence-corrected chi connectivity index (χ0v) is 11.8. The molecule has 2 amide bonds. The molecule has 1 aromatic rings. The first-order chi connectivity index (χ1) is 9.00. The van der Waals surface area contributed by atoms with E-state index in [0.29, 0.717) is 13.0 Å². The van der Waals surface area contributed by atoms with Gasteiger partial charge in [0, 0.05) is 18.9 Å². The van der Waals surface area contributed by atoms with Crippen molar-refractivity contribution in [2.24, 2.45) is 5.92 Å². The highest BCUT2D eigenvalue weighted by atomic mass is 16.2. The van der Waals surface area contributed by atoms with Gasteiger partial charge in [-0.3, -0.25) is 9.59 Å². The molecule has 0 heterocycles. The Kier molecular flexibility index (Phi) is 6.06. The molecule has 19 heavy (non-hydrogen) atoms. The van der Waals surface area contributed by atoms with E-state index < -0.39 is 0 Å². The zero-order valence-electron chi connectivity index (χ0n) is 11.8.